The molecular formula is C16H27NO3. The van der Waals surface area contributed by atoms with Gasteiger partial charge in [-0.1, -0.05) is 13.8 Å². The zero-order chi connectivity index (χ0) is 14.4. The lowest BCUT2D eigenvalue weighted by Gasteiger charge is -2.34. The minimum atomic E-state index is -0.128. The molecule has 2 heterocycles. The molecule has 0 aromatic heterocycles. The van der Waals surface area contributed by atoms with E-state index in [0.29, 0.717) is 6.42 Å². The fourth-order valence-electron chi connectivity index (χ4n) is 2.50. The van der Waals surface area contributed by atoms with Crippen molar-refractivity contribution >= 4 is 5.78 Å². The van der Waals surface area contributed by atoms with Crippen LogP contribution in [-0.2, 0) is 14.3 Å². The largest absolute Gasteiger partial charge is 0.388 e. The Morgan fingerprint density at radius 2 is 2.10 bits per heavy atom. The highest BCUT2D eigenvalue weighted by Gasteiger charge is 2.27. The highest BCUT2D eigenvalue weighted by molar-refractivity contribution is 5.90. The molecule has 2 rings (SSSR count). The molecule has 114 valence electrons. The van der Waals surface area contributed by atoms with Gasteiger partial charge in [0.15, 0.2) is 12.1 Å². The van der Waals surface area contributed by atoms with E-state index in [1.807, 2.05) is 0 Å². The third-order valence-corrected chi connectivity index (χ3v) is 3.74. The molecule has 4 nitrogen and oxygen atoms in total. The molecule has 0 bridgehead atoms. The van der Waals surface area contributed by atoms with Crippen molar-refractivity contribution in [3.05, 3.63) is 11.8 Å². The smallest absolute Gasteiger partial charge is 0.157 e. The maximum atomic E-state index is 11.9. The number of allylic oxidation sites excluding steroid dienone is 2. The quantitative estimate of drug-likeness (QED) is 0.787. The minimum Gasteiger partial charge on any atom is -0.388 e. The van der Waals surface area contributed by atoms with Crippen LogP contribution >= 0.6 is 0 Å². The molecule has 1 N–H and O–H groups in total. The molecule has 0 atom stereocenters. The first-order chi connectivity index (χ1) is 9.55. The number of ketones is 1. The van der Waals surface area contributed by atoms with E-state index in [1.165, 1.54) is 12.8 Å². The molecule has 0 aliphatic carbocycles. The molecule has 0 radical (unpaired) electrons. The van der Waals surface area contributed by atoms with Gasteiger partial charge >= 0.3 is 0 Å². The molecule has 4 heteroatoms. The third-order valence-electron chi connectivity index (χ3n) is 3.74. The highest BCUT2D eigenvalue weighted by Crippen LogP contribution is 2.24. The number of hydrogen-bond donors (Lipinski definition) is 1. The Bertz CT molecular complexity index is 345. The van der Waals surface area contributed by atoms with E-state index >= 15 is 0 Å². The van der Waals surface area contributed by atoms with Crippen LogP contribution in [0.25, 0.3) is 0 Å². The van der Waals surface area contributed by atoms with E-state index in [2.05, 4.69) is 19.2 Å². The summed E-state index contributed by atoms with van der Waals surface area (Å²) in [5, 5.41) is 3.29. The molecule has 0 aromatic rings. The number of rotatable bonds is 5. The Morgan fingerprint density at radius 3 is 2.75 bits per heavy atom. The van der Waals surface area contributed by atoms with Crippen LogP contribution in [0.1, 0.15) is 52.4 Å². The molecule has 20 heavy (non-hydrogen) atoms. The fourth-order valence-corrected chi connectivity index (χ4v) is 2.50. The molecule has 2 fully saturated rings. The van der Waals surface area contributed by atoms with E-state index in [-0.39, 0.29) is 17.5 Å². The maximum Gasteiger partial charge on any atom is 0.157 e. The van der Waals surface area contributed by atoms with Gasteiger partial charge in [-0.15, -0.1) is 0 Å². The van der Waals surface area contributed by atoms with Crippen LogP contribution in [0.5, 0.6) is 0 Å². The lowest BCUT2D eigenvalue weighted by atomic mass is 9.95. The summed E-state index contributed by atoms with van der Waals surface area (Å²) >= 11 is 0. The summed E-state index contributed by atoms with van der Waals surface area (Å²) in [6, 6.07) is 0. The number of piperidine rings is 1. The van der Waals surface area contributed by atoms with Gasteiger partial charge in [-0.2, -0.15) is 0 Å². The number of carbonyl (C=O) groups is 1. The van der Waals surface area contributed by atoms with Crippen molar-refractivity contribution in [3.8, 4) is 0 Å². The molecule has 0 spiro atoms. The average Bonchev–Trinajstić information content (AvgIpc) is 2.42. The molecule has 0 amide bonds. The Balaban J connectivity index is 1.62. The number of nitrogens with one attached hydrogen (secondary N) is 1. The van der Waals surface area contributed by atoms with Crippen molar-refractivity contribution < 1.29 is 14.3 Å². The second-order valence-electron chi connectivity index (χ2n) is 6.63. The summed E-state index contributed by atoms with van der Waals surface area (Å²) in [5.41, 5.74) is 1.22. The van der Waals surface area contributed by atoms with Crippen LogP contribution in [-0.4, -0.2) is 31.8 Å². The predicted octanol–water partition coefficient (Wildman–Crippen LogP) is 2.78. The van der Waals surface area contributed by atoms with E-state index in [9.17, 15) is 4.79 Å². The first-order valence-electron chi connectivity index (χ1n) is 7.76. The molecule has 2 aliphatic rings. The normalized spacial score (nSPS) is 25.4. The standard InChI is InChI=1S/C16H27NO3/c1-16(2)11-19-15(20-12-16)8-5-7-14(18)10-13-6-3-4-9-17-13/h10,15,17H,3-9,11-12H2,1-2H3/b13-10-. The first kappa shape index (κ1) is 15.5. The van der Waals surface area contributed by atoms with E-state index in [4.69, 9.17) is 9.47 Å². The lowest BCUT2D eigenvalue weighted by Crippen LogP contribution is -2.37. The van der Waals surface area contributed by atoms with Crippen molar-refractivity contribution in [2.24, 2.45) is 5.41 Å². The van der Waals surface area contributed by atoms with Gasteiger partial charge in [-0.25, -0.2) is 0 Å². The van der Waals surface area contributed by atoms with Crippen LogP contribution in [0.3, 0.4) is 0 Å². The monoisotopic (exact) mass is 281 g/mol. The Labute approximate surface area is 121 Å². The van der Waals surface area contributed by atoms with Crippen molar-refractivity contribution in [3.63, 3.8) is 0 Å². The molecule has 0 unspecified atom stereocenters. The molecule has 0 saturated carbocycles. The second kappa shape index (κ2) is 7.23. The zero-order valence-corrected chi connectivity index (χ0v) is 12.7. The van der Waals surface area contributed by atoms with E-state index in [1.54, 1.807) is 6.08 Å². The van der Waals surface area contributed by atoms with Crippen LogP contribution in [0, 0.1) is 5.41 Å². The average molecular weight is 281 g/mol. The van der Waals surface area contributed by atoms with Crippen LogP contribution in [0.2, 0.25) is 0 Å². The molecule has 2 saturated heterocycles. The maximum absolute atomic E-state index is 11.9. The van der Waals surface area contributed by atoms with Crippen molar-refractivity contribution in [1.82, 2.24) is 5.32 Å². The zero-order valence-electron chi connectivity index (χ0n) is 12.7. The van der Waals surface area contributed by atoms with Gasteiger partial charge < -0.3 is 14.8 Å². The number of hydrogen-bond acceptors (Lipinski definition) is 4. The number of ether oxygens (including phenoxy) is 2. The van der Waals surface area contributed by atoms with Gasteiger partial charge in [0, 0.05) is 30.2 Å². The minimum absolute atomic E-state index is 0.114. The SMILES string of the molecule is CC1(C)COC(CCCC(=O)/C=C2/CCCCN2)OC1. The van der Waals surface area contributed by atoms with Crippen LogP contribution in [0.4, 0.5) is 0 Å². The summed E-state index contributed by atoms with van der Waals surface area (Å²) < 4.78 is 11.3. The Hall–Kier alpha value is -0.870. The lowest BCUT2D eigenvalue weighted by molar-refractivity contribution is -0.224. The highest BCUT2D eigenvalue weighted by atomic mass is 16.7. The number of carbonyl (C=O) groups excluding carboxylic acids is 1. The van der Waals surface area contributed by atoms with Gasteiger partial charge in [0.05, 0.1) is 13.2 Å². The summed E-state index contributed by atoms with van der Waals surface area (Å²) in [5.74, 6) is 0.213. The van der Waals surface area contributed by atoms with Crippen molar-refractivity contribution in [2.75, 3.05) is 19.8 Å². The van der Waals surface area contributed by atoms with Gasteiger partial charge in [0.25, 0.3) is 0 Å². The van der Waals surface area contributed by atoms with E-state index < -0.39 is 0 Å². The summed E-state index contributed by atoms with van der Waals surface area (Å²) in [6.07, 6.45) is 7.27. The topological polar surface area (TPSA) is 47.6 Å². The summed E-state index contributed by atoms with van der Waals surface area (Å²) in [4.78, 5) is 11.9. The fraction of sp³-hybridized carbons (Fsp3) is 0.812. The summed E-state index contributed by atoms with van der Waals surface area (Å²) in [6.45, 7) is 6.74. The molecule has 0 aromatic carbocycles. The van der Waals surface area contributed by atoms with Gasteiger partial charge in [0.2, 0.25) is 0 Å². The van der Waals surface area contributed by atoms with E-state index in [0.717, 1.165) is 44.7 Å². The van der Waals surface area contributed by atoms with Gasteiger partial charge in [0.1, 0.15) is 0 Å². The van der Waals surface area contributed by atoms with Crippen LogP contribution in [0.15, 0.2) is 11.8 Å². The van der Waals surface area contributed by atoms with Crippen LogP contribution < -0.4 is 5.32 Å². The predicted molar refractivity (Wildman–Crippen MR) is 78.3 cm³/mol. The van der Waals surface area contributed by atoms with Gasteiger partial charge in [-0.05, 0) is 32.1 Å². The Kier molecular flexibility index (Phi) is 5.61. The summed E-state index contributed by atoms with van der Waals surface area (Å²) in [7, 11) is 0. The Morgan fingerprint density at radius 1 is 1.35 bits per heavy atom. The van der Waals surface area contributed by atoms with Crippen molar-refractivity contribution in [1.29, 1.82) is 0 Å². The van der Waals surface area contributed by atoms with Crippen molar-refractivity contribution in [2.45, 2.75) is 58.7 Å². The third kappa shape index (κ3) is 5.25. The second-order valence-corrected chi connectivity index (χ2v) is 6.63. The van der Waals surface area contributed by atoms with Gasteiger partial charge in [-0.3, -0.25) is 4.79 Å². The molecular weight excluding hydrogens is 254 g/mol. The molecule has 2 aliphatic heterocycles. The first-order valence-corrected chi connectivity index (χ1v) is 7.76.